The van der Waals surface area contributed by atoms with E-state index >= 15 is 0 Å². The van der Waals surface area contributed by atoms with E-state index in [2.05, 4.69) is 32.8 Å². The second-order valence-electron chi connectivity index (χ2n) is 6.35. The van der Waals surface area contributed by atoms with E-state index in [0.717, 1.165) is 49.7 Å². The minimum atomic E-state index is 0.0105. The average Bonchev–Trinajstić information content (AvgIpc) is 3.17. The molecule has 0 unspecified atom stereocenters. The molecule has 0 spiro atoms. The first kappa shape index (κ1) is 19.7. The maximum absolute atomic E-state index is 11.8. The number of thiophene rings is 1. The highest BCUT2D eigenvalue weighted by Crippen LogP contribution is 2.10. The Morgan fingerprint density at radius 2 is 2.08 bits per heavy atom. The minimum absolute atomic E-state index is 0.0105. The van der Waals surface area contributed by atoms with E-state index in [1.54, 1.807) is 7.05 Å². The van der Waals surface area contributed by atoms with Crippen LogP contribution in [0.3, 0.4) is 0 Å². The monoisotopic (exact) mass is 365 g/mol. The maximum Gasteiger partial charge on any atom is 0.261 e. The molecule has 0 saturated carbocycles. The molecule has 0 aromatic carbocycles. The number of rotatable bonds is 8. The van der Waals surface area contributed by atoms with Crippen molar-refractivity contribution in [3.8, 4) is 0 Å². The Morgan fingerprint density at radius 3 is 2.72 bits per heavy atom. The molecule has 2 rings (SSSR count). The van der Waals surface area contributed by atoms with Crippen molar-refractivity contribution in [3.63, 3.8) is 0 Å². The van der Waals surface area contributed by atoms with Gasteiger partial charge in [-0.05, 0) is 43.7 Å². The van der Waals surface area contributed by atoms with Crippen molar-refractivity contribution < 1.29 is 4.79 Å². The molecular formula is C18H31N5OS. The Labute approximate surface area is 155 Å². The van der Waals surface area contributed by atoms with Crippen molar-refractivity contribution in [3.05, 3.63) is 22.4 Å². The van der Waals surface area contributed by atoms with Crippen LogP contribution in [0, 0.1) is 0 Å². The highest BCUT2D eigenvalue weighted by atomic mass is 32.1. The first-order valence-corrected chi connectivity index (χ1v) is 10.1. The lowest BCUT2D eigenvalue weighted by Gasteiger charge is -2.32. The van der Waals surface area contributed by atoms with Gasteiger partial charge in [-0.1, -0.05) is 13.0 Å². The molecule has 0 aliphatic carbocycles. The zero-order chi connectivity index (χ0) is 17.9. The van der Waals surface area contributed by atoms with Gasteiger partial charge in [0.05, 0.1) is 4.88 Å². The Bertz CT molecular complexity index is 524. The van der Waals surface area contributed by atoms with E-state index in [-0.39, 0.29) is 5.91 Å². The third-order valence-corrected chi connectivity index (χ3v) is 5.24. The summed E-state index contributed by atoms with van der Waals surface area (Å²) in [6, 6.07) is 4.23. The van der Waals surface area contributed by atoms with Crippen LogP contribution in [-0.4, -0.2) is 62.6 Å². The van der Waals surface area contributed by atoms with Crippen LogP contribution in [0.5, 0.6) is 0 Å². The van der Waals surface area contributed by atoms with E-state index in [1.807, 2.05) is 17.5 Å². The highest BCUT2D eigenvalue weighted by molar-refractivity contribution is 7.12. The van der Waals surface area contributed by atoms with Gasteiger partial charge in [0.15, 0.2) is 5.96 Å². The predicted molar refractivity (Wildman–Crippen MR) is 106 cm³/mol. The summed E-state index contributed by atoms with van der Waals surface area (Å²) in [5.41, 5.74) is 0. The third kappa shape index (κ3) is 7.04. The molecule has 2 heterocycles. The standard InChI is InChI=1S/C18H31N5OS/c1-3-11-23-12-7-15(8-13-23)22-18(19-2)21-10-5-9-20-17(24)16-6-4-14-25-16/h4,6,14-15H,3,5,7-13H2,1-2H3,(H,20,24)(H2,19,21,22). The maximum atomic E-state index is 11.8. The van der Waals surface area contributed by atoms with Gasteiger partial charge < -0.3 is 20.9 Å². The SMILES string of the molecule is CCCN1CCC(NC(=NC)NCCCNC(=O)c2cccs2)CC1. The molecule has 1 aliphatic rings. The van der Waals surface area contributed by atoms with Gasteiger partial charge in [0.25, 0.3) is 5.91 Å². The van der Waals surface area contributed by atoms with Gasteiger partial charge in [0, 0.05) is 39.3 Å². The van der Waals surface area contributed by atoms with Crippen molar-refractivity contribution in [1.29, 1.82) is 0 Å². The molecule has 6 nitrogen and oxygen atoms in total. The third-order valence-electron chi connectivity index (χ3n) is 4.37. The quantitative estimate of drug-likeness (QED) is 0.374. The van der Waals surface area contributed by atoms with Gasteiger partial charge in [-0.2, -0.15) is 0 Å². The van der Waals surface area contributed by atoms with Crippen LogP contribution in [0.4, 0.5) is 0 Å². The van der Waals surface area contributed by atoms with Crippen molar-refractivity contribution in [1.82, 2.24) is 20.9 Å². The van der Waals surface area contributed by atoms with E-state index in [9.17, 15) is 4.79 Å². The van der Waals surface area contributed by atoms with Gasteiger partial charge in [0.1, 0.15) is 0 Å². The van der Waals surface area contributed by atoms with Crippen molar-refractivity contribution in [2.24, 2.45) is 4.99 Å². The minimum Gasteiger partial charge on any atom is -0.356 e. The van der Waals surface area contributed by atoms with Crippen LogP contribution < -0.4 is 16.0 Å². The molecule has 1 fully saturated rings. The van der Waals surface area contributed by atoms with Gasteiger partial charge in [-0.3, -0.25) is 9.79 Å². The highest BCUT2D eigenvalue weighted by Gasteiger charge is 2.19. The molecule has 25 heavy (non-hydrogen) atoms. The molecule has 140 valence electrons. The molecule has 1 aromatic heterocycles. The lowest BCUT2D eigenvalue weighted by Crippen LogP contribution is -2.49. The van der Waals surface area contributed by atoms with Crippen LogP contribution >= 0.6 is 11.3 Å². The van der Waals surface area contributed by atoms with E-state index < -0.39 is 0 Å². The number of hydrogen-bond acceptors (Lipinski definition) is 4. The topological polar surface area (TPSA) is 68.8 Å². The molecule has 1 aliphatic heterocycles. The predicted octanol–water partition coefficient (Wildman–Crippen LogP) is 1.91. The Kier molecular flexibility index (Phi) is 8.76. The number of carbonyl (C=O) groups is 1. The lowest BCUT2D eigenvalue weighted by molar-refractivity contribution is 0.0957. The van der Waals surface area contributed by atoms with Gasteiger partial charge in [-0.15, -0.1) is 11.3 Å². The van der Waals surface area contributed by atoms with Crippen LogP contribution in [0.2, 0.25) is 0 Å². The van der Waals surface area contributed by atoms with Crippen LogP contribution in [0.25, 0.3) is 0 Å². The number of aliphatic imine (C=N–C) groups is 1. The molecular weight excluding hydrogens is 334 g/mol. The summed E-state index contributed by atoms with van der Waals surface area (Å²) in [5.74, 6) is 0.870. The van der Waals surface area contributed by atoms with Gasteiger partial charge >= 0.3 is 0 Å². The summed E-state index contributed by atoms with van der Waals surface area (Å²) < 4.78 is 0. The van der Waals surface area contributed by atoms with Crippen LogP contribution in [-0.2, 0) is 0 Å². The largest absolute Gasteiger partial charge is 0.356 e. The molecule has 3 N–H and O–H groups in total. The summed E-state index contributed by atoms with van der Waals surface area (Å²) in [4.78, 5) is 19.4. The molecule has 7 heteroatoms. The van der Waals surface area contributed by atoms with Gasteiger partial charge in [0.2, 0.25) is 0 Å². The number of likely N-dealkylation sites (tertiary alicyclic amines) is 1. The first-order valence-electron chi connectivity index (χ1n) is 9.24. The number of hydrogen-bond donors (Lipinski definition) is 3. The van der Waals surface area contributed by atoms with Crippen LogP contribution in [0.15, 0.2) is 22.5 Å². The zero-order valence-corrected chi connectivity index (χ0v) is 16.2. The lowest BCUT2D eigenvalue weighted by atomic mass is 10.1. The Balaban J connectivity index is 1.57. The smallest absolute Gasteiger partial charge is 0.261 e. The van der Waals surface area contributed by atoms with Crippen molar-refractivity contribution >= 4 is 23.2 Å². The fraction of sp³-hybridized carbons (Fsp3) is 0.667. The normalized spacial score (nSPS) is 16.6. The van der Waals surface area contributed by atoms with Gasteiger partial charge in [-0.25, -0.2) is 0 Å². The number of amides is 1. The number of nitrogens with zero attached hydrogens (tertiary/aromatic N) is 2. The fourth-order valence-corrected chi connectivity index (χ4v) is 3.64. The average molecular weight is 366 g/mol. The summed E-state index contributed by atoms with van der Waals surface area (Å²) in [6.07, 6.45) is 4.42. The molecule has 0 bridgehead atoms. The number of piperidine rings is 1. The summed E-state index contributed by atoms with van der Waals surface area (Å²) >= 11 is 1.47. The fourth-order valence-electron chi connectivity index (χ4n) is 3.00. The molecule has 1 amide bonds. The summed E-state index contributed by atoms with van der Waals surface area (Å²) in [5, 5.41) is 11.7. The molecule has 1 aromatic rings. The van der Waals surface area contributed by atoms with E-state index in [4.69, 9.17) is 0 Å². The van der Waals surface area contributed by atoms with Crippen molar-refractivity contribution in [2.45, 2.75) is 38.6 Å². The molecule has 0 atom stereocenters. The molecule has 1 saturated heterocycles. The Hall–Kier alpha value is -1.60. The number of nitrogens with one attached hydrogen (secondary N) is 3. The van der Waals surface area contributed by atoms with Crippen LogP contribution in [0.1, 0.15) is 42.3 Å². The van der Waals surface area contributed by atoms with E-state index in [1.165, 1.54) is 24.3 Å². The first-order chi connectivity index (χ1) is 12.2. The summed E-state index contributed by atoms with van der Waals surface area (Å²) in [6.45, 7) is 7.22. The number of carbonyl (C=O) groups excluding carboxylic acids is 1. The van der Waals surface area contributed by atoms with E-state index in [0.29, 0.717) is 12.6 Å². The second-order valence-corrected chi connectivity index (χ2v) is 7.29. The summed E-state index contributed by atoms with van der Waals surface area (Å²) in [7, 11) is 1.81. The molecule has 0 radical (unpaired) electrons. The Morgan fingerprint density at radius 1 is 1.32 bits per heavy atom. The van der Waals surface area contributed by atoms with Crippen molar-refractivity contribution in [2.75, 3.05) is 39.8 Å². The zero-order valence-electron chi connectivity index (χ0n) is 15.4. The second kappa shape index (κ2) is 11.1. The number of guanidine groups is 1.